The Labute approximate surface area is 190 Å². The minimum Gasteiger partial charge on any atom is -0.464 e. The molecule has 170 valence electrons. The van der Waals surface area contributed by atoms with Crippen LogP contribution in [0.15, 0.2) is 0 Å². The molecule has 0 aromatic rings. The molecule has 0 atom stereocenters. The molecule has 0 fully saturated rings. The van der Waals surface area contributed by atoms with Gasteiger partial charge < -0.3 is 26.9 Å². The number of amides is 2. The molecule has 0 aromatic carbocycles. The molecular formula is C20H47N5O2W. The average molecular weight is 573 g/mol. The molecule has 2 amide bonds. The fourth-order valence-corrected chi connectivity index (χ4v) is 1.09. The summed E-state index contributed by atoms with van der Waals surface area (Å²) in [4.78, 5) is 27.3. The monoisotopic (exact) mass is 573 g/mol. The summed E-state index contributed by atoms with van der Waals surface area (Å²) in [6, 6.07) is 0.243. The van der Waals surface area contributed by atoms with E-state index in [-0.39, 0.29) is 44.8 Å². The number of nitrogens with one attached hydrogen (secondary N) is 2. The fraction of sp³-hybridized carbons (Fsp3) is 0.800. The summed E-state index contributed by atoms with van der Waals surface area (Å²) in [7, 11) is 14.8. The molecule has 0 saturated heterocycles. The molecule has 0 aromatic heterocycles. The maximum absolute atomic E-state index is 10.9. The van der Waals surface area contributed by atoms with E-state index in [1.807, 2.05) is 100 Å². The first kappa shape index (κ1) is 38.2. The van der Waals surface area contributed by atoms with Crippen molar-refractivity contribution in [2.45, 2.75) is 47.6 Å². The summed E-state index contributed by atoms with van der Waals surface area (Å²) in [6.45, 7) is 12.8. The second kappa shape index (κ2) is 26.5. The van der Waals surface area contributed by atoms with E-state index in [2.05, 4.69) is 17.7 Å². The van der Waals surface area contributed by atoms with Crippen molar-refractivity contribution in [3.63, 3.8) is 0 Å². The minimum absolute atomic E-state index is 0. The molecule has 0 unspecified atom stereocenters. The number of rotatable bonds is 6. The SMILES string of the molecule is CC(C)C(=O)NCN(C)C.CC(C)NC(=O)CN(C)C.C[CH-]C.[CH2-]N(C)C.[W+2]. The zero-order valence-corrected chi connectivity index (χ0v) is 23.4. The van der Waals surface area contributed by atoms with Crippen LogP contribution in [0, 0.1) is 19.4 Å². The van der Waals surface area contributed by atoms with E-state index in [0.29, 0.717) is 13.2 Å². The summed E-state index contributed by atoms with van der Waals surface area (Å²) in [5.74, 6) is 0.272. The van der Waals surface area contributed by atoms with Crippen LogP contribution in [0.4, 0.5) is 0 Å². The van der Waals surface area contributed by atoms with Crippen molar-refractivity contribution in [1.82, 2.24) is 25.3 Å². The molecule has 0 aliphatic heterocycles. The Bertz CT molecular complexity index is 322. The van der Waals surface area contributed by atoms with Crippen molar-refractivity contribution in [1.29, 1.82) is 0 Å². The van der Waals surface area contributed by atoms with E-state index in [4.69, 9.17) is 0 Å². The number of hydrogen-bond donors (Lipinski definition) is 2. The third-order valence-corrected chi connectivity index (χ3v) is 2.00. The van der Waals surface area contributed by atoms with Crippen molar-refractivity contribution in [3.05, 3.63) is 13.5 Å². The minimum atomic E-state index is 0. The summed E-state index contributed by atoms with van der Waals surface area (Å²) in [6.07, 6.45) is 2.00. The summed E-state index contributed by atoms with van der Waals surface area (Å²) in [5.41, 5.74) is 0. The van der Waals surface area contributed by atoms with E-state index >= 15 is 0 Å². The van der Waals surface area contributed by atoms with Crippen LogP contribution in [0.5, 0.6) is 0 Å². The molecule has 0 radical (unpaired) electrons. The van der Waals surface area contributed by atoms with Gasteiger partial charge in [0.05, 0.1) is 13.2 Å². The van der Waals surface area contributed by atoms with Gasteiger partial charge in [-0.25, -0.2) is 0 Å². The number of carbonyl (C=O) groups excluding carboxylic acids is 2. The van der Waals surface area contributed by atoms with Crippen LogP contribution in [-0.4, -0.2) is 88.1 Å². The second-order valence-corrected chi connectivity index (χ2v) is 7.55. The third-order valence-electron chi connectivity index (χ3n) is 2.00. The van der Waals surface area contributed by atoms with Crippen LogP contribution >= 0.6 is 0 Å². The normalized spacial score (nSPS) is 9.50. The molecule has 0 aliphatic carbocycles. The van der Waals surface area contributed by atoms with Gasteiger partial charge in [0.25, 0.3) is 0 Å². The molecule has 28 heavy (non-hydrogen) atoms. The Balaban J connectivity index is -0.0000000924. The molecule has 8 heteroatoms. The van der Waals surface area contributed by atoms with E-state index in [1.54, 1.807) is 4.90 Å². The van der Waals surface area contributed by atoms with E-state index in [0.717, 1.165) is 0 Å². The standard InChI is InChI=1S/2C7H16N2O.C3H8N.C3H7.W/c1-6(2)7(10)8-5-9(3)4;1-6(2)8-7(10)5-9(3)4;1-4(2)3;1-3-2;/h2*6H,5H2,1-4H3,(H,8,10);1H2,2-3H3;3H,1-2H3;/q;;2*-1;+2. The number of likely N-dealkylation sites (N-methyl/N-ethyl adjacent to an activating group) is 1. The van der Waals surface area contributed by atoms with E-state index in [9.17, 15) is 9.59 Å². The van der Waals surface area contributed by atoms with Crippen molar-refractivity contribution in [2.75, 3.05) is 55.5 Å². The molecule has 0 heterocycles. The molecule has 0 spiro atoms. The van der Waals surface area contributed by atoms with Crippen LogP contribution in [0.1, 0.15) is 41.5 Å². The van der Waals surface area contributed by atoms with Gasteiger partial charge in [0, 0.05) is 12.0 Å². The fourth-order valence-electron chi connectivity index (χ4n) is 1.09. The predicted octanol–water partition coefficient (Wildman–Crippen LogP) is 1.92. The smallest absolute Gasteiger partial charge is 0.464 e. The maximum atomic E-state index is 10.9. The van der Waals surface area contributed by atoms with Crippen molar-refractivity contribution >= 4 is 11.8 Å². The zero-order valence-electron chi connectivity index (χ0n) is 20.4. The van der Waals surface area contributed by atoms with Gasteiger partial charge in [-0.2, -0.15) is 13.8 Å². The van der Waals surface area contributed by atoms with Gasteiger partial charge in [0.1, 0.15) is 0 Å². The molecule has 0 bridgehead atoms. The first-order valence-corrected chi connectivity index (χ1v) is 9.29. The van der Waals surface area contributed by atoms with Crippen molar-refractivity contribution < 1.29 is 30.7 Å². The van der Waals surface area contributed by atoms with Gasteiger partial charge in [-0.05, 0) is 56.1 Å². The topological polar surface area (TPSA) is 67.9 Å². The van der Waals surface area contributed by atoms with Gasteiger partial charge in [-0.1, -0.05) is 13.8 Å². The van der Waals surface area contributed by atoms with Crippen molar-refractivity contribution in [2.24, 2.45) is 5.92 Å². The first-order valence-electron chi connectivity index (χ1n) is 9.29. The molecule has 0 aliphatic rings. The van der Waals surface area contributed by atoms with E-state index in [1.165, 1.54) is 0 Å². The first-order chi connectivity index (χ1) is 12.2. The van der Waals surface area contributed by atoms with Crippen LogP contribution < -0.4 is 10.6 Å². The Morgan fingerprint density at radius 2 is 1.29 bits per heavy atom. The molecular weight excluding hydrogens is 526 g/mol. The molecule has 7 nitrogen and oxygen atoms in total. The Morgan fingerprint density at radius 3 is 1.50 bits per heavy atom. The third kappa shape index (κ3) is 56.2. The molecule has 0 saturated carbocycles. The number of nitrogens with zero attached hydrogens (tertiary/aromatic N) is 3. The number of carbonyl (C=O) groups is 2. The van der Waals surface area contributed by atoms with Gasteiger partial charge >= 0.3 is 21.1 Å². The van der Waals surface area contributed by atoms with Gasteiger partial charge in [-0.15, -0.1) is 0 Å². The van der Waals surface area contributed by atoms with Gasteiger partial charge in [-0.3, -0.25) is 21.5 Å². The Kier molecular flexibility index (Phi) is 36.1. The average Bonchev–Trinajstić information content (AvgIpc) is 2.43. The molecule has 0 rings (SSSR count). The van der Waals surface area contributed by atoms with Crippen LogP contribution in [0.3, 0.4) is 0 Å². The van der Waals surface area contributed by atoms with Gasteiger partial charge in [0.2, 0.25) is 11.8 Å². The Morgan fingerprint density at radius 1 is 0.929 bits per heavy atom. The van der Waals surface area contributed by atoms with Crippen LogP contribution in [0.25, 0.3) is 0 Å². The predicted molar refractivity (Wildman–Crippen MR) is 118 cm³/mol. The van der Waals surface area contributed by atoms with Gasteiger partial charge in [0.15, 0.2) is 0 Å². The zero-order chi connectivity index (χ0) is 22.6. The summed E-state index contributed by atoms with van der Waals surface area (Å²) in [5, 5.41) is 5.56. The largest absolute Gasteiger partial charge is 2.00 e. The maximum Gasteiger partial charge on any atom is 2.00 e. The number of hydrogen-bond acceptors (Lipinski definition) is 5. The van der Waals surface area contributed by atoms with E-state index < -0.39 is 0 Å². The summed E-state index contributed by atoms with van der Waals surface area (Å²) >= 11 is 0. The Hall–Kier alpha value is -0.492. The van der Waals surface area contributed by atoms with Crippen LogP contribution in [-0.2, 0) is 30.7 Å². The quantitative estimate of drug-likeness (QED) is 0.376. The van der Waals surface area contributed by atoms with Crippen molar-refractivity contribution in [3.8, 4) is 0 Å². The van der Waals surface area contributed by atoms with Crippen LogP contribution in [0.2, 0.25) is 0 Å². The summed E-state index contributed by atoms with van der Waals surface area (Å²) < 4.78 is 0. The second-order valence-electron chi connectivity index (χ2n) is 7.55. The molecule has 2 N–H and O–H groups in total.